The van der Waals surface area contributed by atoms with Crippen molar-refractivity contribution in [1.82, 2.24) is 0 Å². The molecule has 0 bridgehead atoms. The fourth-order valence-corrected chi connectivity index (χ4v) is 5.90. The van der Waals surface area contributed by atoms with Crippen molar-refractivity contribution in [2.45, 2.75) is 69.9 Å². The number of alkyl halides is 1. The summed E-state index contributed by atoms with van der Waals surface area (Å²) in [6, 6.07) is 7.25. The van der Waals surface area contributed by atoms with Gasteiger partial charge in [0.1, 0.15) is 6.10 Å². The molecule has 0 spiro atoms. The number of hydrogen-bond donors (Lipinski definition) is 1. The summed E-state index contributed by atoms with van der Waals surface area (Å²) in [6.07, 6.45) is 9.41. The Hall–Kier alpha value is -1.17. The van der Waals surface area contributed by atoms with Crippen molar-refractivity contribution in [3.63, 3.8) is 0 Å². The van der Waals surface area contributed by atoms with E-state index in [1.165, 1.54) is 5.57 Å². The molecule has 0 saturated heterocycles. The number of carbonyl (C=O) groups excluding carboxylic acids is 1. The van der Waals surface area contributed by atoms with Crippen molar-refractivity contribution in [2.75, 3.05) is 0 Å². The Labute approximate surface area is 209 Å². The lowest BCUT2D eigenvalue weighted by molar-refractivity contribution is 0.0176. The minimum absolute atomic E-state index is 0.00619. The Bertz CT molecular complexity index is 911. The maximum atomic E-state index is 13.1. The summed E-state index contributed by atoms with van der Waals surface area (Å²) in [6.45, 7) is 12.7. The van der Waals surface area contributed by atoms with Crippen molar-refractivity contribution in [1.29, 1.82) is 0 Å². The van der Waals surface area contributed by atoms with E-state index in [9.17, 15) is 9.90 Å². The van der Waals surface area contributed by atoms with Crippen molar-refractivity contribution in [2.24, 2.45) is 17.3 Å². The number of aliphatic hydroxyl groups is 1. The van der Waals surface area contributed by atoms with Gasteiger partial charge in [-0.3, -0.25) is 0 Å². The molecule has 174 valence electrons. The number of esters is 1. The lowest BCUT2D eigenvalue weighted by Gasteiger charge is -2.41. The molecule has 0 unspecified atom stereocenters. The van der Waals surface area contributed by atoms with Gasteiger partial charge in [-0.25, -0.2) is 4.79 Å². The van der Waals surface area contributed by atoms with Crippen LogP contribution < -0.4 is 0 Å². The van der Waals surface area contributed by atoms with Gasteiger partial charge in [0.25, 0.3) is 0 Å². The summed E-state index contributed by atoms with van der Waals surface area (Å²) in [7, 11) is 0. The average molecular weight is 566 g/mol. The zero-order valence-corrected chi connectivity index (χ0v) is 22.6. The first-order chi connectivity index (χ1) is 14.9. The Balaban J connectivity index is 1.90. The summed E-state index contributed by atoms with van der Waals surface area (Å²) in [5.41, 5.74) is 1.96. The third-order valence-corrected chi connectivity index (χ3v) is 8.95. The fourth-order valence-electron chi connectivity index (χ4n) is 4.96. The van der Waals surface area contributed by atoms with Crippen molar-refractivity contribution in [3.8, 4) is 0 Å². The van der Waals surface area contributed by atoms with Gasteiger partial charge in [0.2, 0.25) is 0 Å². The number of hydrogen-bond acceptors (Lipinski definition) is 3. The minimum atomic E-state index is -0.686. The van der Waals surface area contributed by atoms with Crippen molar-refractivity contribution in [3.05, 3.63) is 70.3 Å². The molecule has 3 nitrogen and oxygen atoms in total. The predicted molar refractivity (Wildman–Crippen MR) is 138 cm³/mol. The van der Waals surface area contributed by atoms with E-state index in [0.717, 1.165) is 35.7 Å². The SMILES string of the molecule is C=C1CC=CC(C)(C)[C@@H]1[C@@H](/C=C(\C)[C@H]1CC[C@@](C)(O)[C@@H](Br)C1)OC(=O)c1ccc(Br)cc1. The standard InChI is InChI=1S/C27H34Br2O3/c1-17-7-6-13-26(3,4)24(17)22(32-25(30)19-8-10-21(28)11-9-19)15-18(2)20-12-14-27(5,31)23(29)16-20/h6,8-11,13,15,20,22-24,31H,1,7,12,14,16H2,2-5H3/b18-15+/t20-,22+,23-,24-,27+/m0/s1. The van der Waals surface area contributed by atoms with E-state index in [2.05, 4.69) is 77.4 Å². The Morgan fingerprint density at radius 3 is 2.53 bits per heavy atom. The Morgan fingerprint density at radius 1 is 1.28 bits per heavy atom. The van der Waals surface area contributed by atoms with Gasteiger partial charge in [-0.05, 0) is 81.2 Å². The molecule has 5 atom stereocenters. The second-order valence-electron chi connectivity index (χ2n) is 10.1. The van der Waals surface area contributed by atoms with Crippen LogP contribution in [0.4, 0.5) is 0 Å². The van der Waals surface area contributed by atoms with Crippen LogP contribution in [0.15, 0.2) is 64.7 Å². The third-order valence-electron chi connectivity index (χ3n) is 7.06. The van der Waals surface area contributed by atoms with Crippen LogP contribution in [0, 0.1) is 17.3 Å². The highest BCUT2D eigenvalue weighted by Gasteiger charge is 2.41. The van der Waals surface area contributed by atoms with E-state index < -0.39 is 11.7 Å². The molecule has 0 heterocycles. The molecule has 2 aliphatic rings. The second kappa shape index (κ2) is 9.99. The van der Waals surface area contributed by atoms with Crippen LogP contribution in [0.3, 0.4) is 0 Å². The van der Waals surface area contributed by atoms with E-state index >= 15 is 0 Å². The first-order valence-corrected chi connectivity index (χ1v) is 13.0. The monoisotopic (exact) mass is 564 g/mol. The Kier molecular flexibility index (Phi) is 7.94. The summed E-state index contributed by atoms with van der Waals surface area (Å²) in [4.78, 5) is 13.1. The molecule has 1 fully saturated rings. The molecule has 0 amide bonds. The first-order valence-electron chi connectivity index (χ1n) is 11.3. The quantitative estimate of drug-likeness (QED) is 0.230. The highest BCUT2D eigenvalue weighted by Crippen LogP contribution is 2.44. The van der Waals surface area contributed by atoms with E-state index in [-0.39, 0.29) is 22.1 Å². The second-order valence-corrected chi connectivity index (χ2v) is 12.2. The van der Waals surface area contributed by atoms with E-state index in [0.29, 0.717) is 11.5 Å². The van der Waals surface area contributed by atoms with E-state index in [1.54, 1.807) is 12.1 Å². The predicted octanol–water partition coefficient (Wildman–Crippen LogP) is 7.39. The smallest absolute Gasteiger partial charge is 0.338 e. The Morgan fingerprint density at radius 2 is 1.94 bits per heavy atom. The molecular weight excluding hydrogens is 532 g/mol. The van der Waals surface area contributed by atoms with Gasteiger partial charge < -0.3 is 9.84 Å². The van der Waals surface area contributed by atoms with Gasteiger partial charge in [0.15, 0.2) is 0 Å². The topological polar surface area (TPSA) is 46.5 Å². The molecule has 1 saturated carbocycles. The van der Waals surface area contributed by atoms with Gasteiger partial charge in [-0.15, -0.1) is 0 Å². The molecule has 0 aliphatic heterocycles. The highest BCUT2D eigenvalue weighted by molar-refractivity contribution is 9.10. The molecule has 1 aromatic carbocycles. The zero-order chi connectivity index (χ0) is 23.7. The highest BCUT2D eigenvalue weighted by atomic mass is 79.9. The largest absolute Gasteiger partial charge is 0.454 e. The van der Waals surface area contributed by atoms with Gasteiger partial charge in [-0.2, -0.15) is 0 Å². The number of benzene rings is 1. The molecule has 1 N–H and O–H groups in total. The van der Waals surface area contributed by atoms with E-state index in [4.69, 9.17) is 4.74 Å². The number of ether oxygens (including phenoxy) is 1. The van der Waals surface area contributed by atoms with Crippen LogP contribution in [0.25, 0.3) is 0 Å². The average Bonchev–Trinajstić information content (AvgIpc) is 2.69. The number of halogens is 2. The summed E-state index contributed by atoms with van der Waals surface area (Å²) >= 11 is 7.09. The summed E-state index contributed by atoms with van der Waals surface area (Å²) in [5.74, 6) is 0.00644. The number of carbonyl (C=O) groups is 1. The van der Waals surface area contributed by atoms with Gasteiger partial charge in [-0.1, -0.05) is 75.6 Å². The van der Waals surface area contributed by atoms with Gasteiger partial charge >= 0.3 is 5.97 Å². The number of rotatable bonds is 5. The summed E-state index contributed by atoms with van der Waals surface area (Å²) in [5, 5.41) is 10.5. The summed E-state index contributed by atoms with van der Waals surface area (Å²) < 4.78 is 7.09. The van der Waals surface area contributed by atoms with Crippen LogP contribution >= 0.6 is 31.9 Å². The normalized spacial score (nSPS) is 31.3. The van der Waals surface area contributed by atoms with Gasteiger partial charge in [0, 0.05) is 15.2 Å². The molecule has 2 aliphatic carbocycles. The third kappa shape index (κ3) is 5.84. The minimum Gasteiger partial charge on any atom is -0.454 e. The molecule has 0 aromatic heterocycles. The molecule has 0 radical (unpaired) electrons. The zero-order valence-electron chi connectivity index (χ0n) is 19.4. The van der Waals surface area contributed by atoms with E-state index in [1.807, 2.05) is 19.1 Å². The molecule has 1 aromatic rings. The lowest BCUT2D eigenvalue weighted by Crippen LogP contribution is -2.41. The molecule has 32 heavy (non-hydrogen) atoms. The molecule has 3 rings (SSSR count). The van der Waals surface area contributed by atoms with Crippen LogP contribution in [0.5, 0.6) is 0 Å². The maximum absolute atomic E-state index is 13.1. The van der Waals surface area contributed by atoms with Crippen LogP contribution in [-0.4, -0.2) is 27.6 Å². The molecular formula is C27H34Br2O3. The van der Waals surface area contributed by atoms with Crippen LogP contribution in [0.1, 0.15) is 63.7 Å². The lowest BCUT2D eigenvalue weighted by atomic mass is 9.67. The van der Waals surface area contributed by atoms with Crippen LogP contribution in [-0.2, 0) is 4.74 Å². The maximum Gasteiger partial charge on any atom is 0.338 e. The molecule has 5 heteroatoms. The first kappa shape index (κ1) is 25.5. The van der Waals surface area contributed by atoms with Gasteiger partial charge in [0.05, 0.1) is 11.2 Å². The fraction of sp³-hybridized carbons (Fsp3) is 0.519. The van der Waals surface area contributed by atoms with Crippen LogP contribution in [0.2, 0.25) is 0 Å². The van der Waals surface area contributed by atoms with Crippen molar-refractivity contribution < 1.29 is 14.6 Å². The number of allylic oxidation sites excluding steroid dienone is 3. The van der Waals surface area contributed by atoms with Crippen molar-refractivity contribution >= 4 is 37.8 Å².